The number of carbonyl (C=O) groups is 2. The second kappa shape index (κ2) is 17.8. The molecule has 2 saturated carbocycles. The fourth-order valence-corrected chi connectivity index (χ4v) is 12.6. The van der Waals surface area contributed by atoms with Crippen LogP contribution in [0.4, 0.5) is 10.3 Å². The van der Waals surface area contributed by atoms with Crippen LogP contribution < -0.4 is 10.6 Å². The molecule has 3 N–H and O–H groups in total. The maximum absolute atomic E-state index is 14.9. The summed E-state index contributed by atoms with van der Waals surface area (Å²) in [4.78, 5) is 47.7. The summed E-state index contributed by atoms with van der Waals surface area (Å²) in [6, 6.07) is 18.4. The molecule has 338 valence electrons. The van der Waals surface area contributed by atoms with Gasteiger partial charge < -0.3 is 15.7 Å². The molecule has 2 unspecified atom stereocenters. The van der Waals surface area contributed by atoms with Crippen LogP contribution in [0.1, 0.15) is 61.7 Å². The number of hydrogen-bond donors (Lipinski definition) is 3. The summed E-state index contributed by atoms with van der Waals surface area (Å²) in [6.07, 6.45) is 6.51. The second-order valence-electron chi connectivity index (χ2n) is 17.3. The lowest BCUT2D eigenvalue weighted by Gasteiger charge is -2.42. The minimum Gasteiger partial charge on any atom is -0.395 e. The molecule has 4 fully saturated rings. The Morgan fingerprint density at radius 2 is 1.12 bits per heavy atom. The van der Waals surface area contributed by atoms with Crippen molar-refractivity contribution in [1.82, 2.24) is 64.3 Å². The first kappa shape index (κ1) is 42.2. The van der Waals surface area contributed by atoms with Gasteiger partial charge in [-0.3, -0.25) is 24.3 Å². The van der Waals surface area contributed by atoms with Gasteiger partial charge in [-0.05, 0) is 136 Å². The molecule has 6 aromatic heterocycles. The molecule has 2 aliphatic heterocycles. The van der Waals surface area contributed by atoms with Crippen LogP contribution in [0.3, 0.4) is 0 Å². The summed E-state index contributed by atoms with van der Waals surface area (Å²) in [5, 5.41) is 45.5. The molecule has 0 radical (unpaired) electrons. The minimum atomic E-state index is -0.823. The number of aliphatic hydroxyl groups excluding tert-OH is 1. The number of aliphatic hydroxyl groups is 1. The SMILES string of the molecule is O=C(Nc1nc2ccc(Sc3nnc4ccc(C5CC5)nn34)cc2s1)C(C(C(=O)Nc1nc2ccc(Sc3nnc4ccc(C5CC5)nn34)cc2s1)N1CCN(CCO)CC1)N1CCCC1. The van der Waals surface area contributed by atoms with E-state index in [-0.39, 0.29) is 18.4 Å². The number of β-amino-alcohol motifs (C(OH)–C–C–N with tert-alkyl or cyclic N) is 1. The van der Waals surface area contributed by atoms with E-state index >= 15 is 0 Å². The highest BCUT2D eigenvalue weighted by atomic mass is 32.2. The van der Waals surface area contributed by atoms with Crippen LogP contribution in [0.25, 0.3) is 31.7 Å². The summed E-state index contributed by atoms with van der Waals surface area (Å²) >= 11 is 5.78. The lowest BCUT2D eigenvalue weighted by atomic mass is 10.0. The number of benzene rings is 2. The van der Waals surface area contributed by atoms with Gasteiger partial charge in [-0.25, -0.2) is 9.97 Å². The minimum absolute atomic E-state index is 0.0621. The number of piperazine rings is 1. The molecule has 0 bridgehead atoms. The number of thiazole rings is 2. The molecule has 2 saturated heterocycles. The number of fused-ring (bicyclic) bond motifs is 4. The van der Waals surface area contributed by atoms with Crippen molar-refractivity contribution in [2.45, 2.75) is 82.5 Å². The largest absolute Gasteiger partial charge is 0.395 e. The maximum Gasteiger partial charge on any atom is 0.245 e. The Bertz CT molecular complexity index is 3110. The van der Waals surface area contributed by atoms with Gasteiger partial charge in [0.2, 0.25) is 22.1 Å². The standard InChI is InChI=1S/C44H45N15O3S4/c60-22-21-55-17-19-57(20-18-55)38(40(62)48-42-46-32-10-8-28(24-34(32)66-42)64-44-52-50-36-14-12-30(26-5-6-26)54-59(36)44)37(56-15-1-2-16-56)39(61)47-41-45-31-9-7-27(23-33(31)65-41)63-43-51-49-35-13-11-29(25-3-4-25)53-58(35)43/h7-14,23-26,37-38,60H,1-6,15-22H2,(H,45,47,61)(H,46,48,62). The lowest BCUT2D eigenvalue weighted by Crippen LogP contribution is -2.64. The van der Waals surface area contributed by atoms with Crippen LogP contribution in [0.5, 0.6) is 0 Å². The molecule has 18 nitrogen and oxygen atoms in total. The first-order chi connectivity index (χ1) is 32.4. The highest BCUT2D eigenvalue weighted by Gasteiger charge is 2.44. The Morgan fingerprint density at radius 3 is 1.59 bits per heavy atom. The van der Waals surface area contributed by atoms with Gasteiger partial charge in [-0.1, -0.05) is 22.7 Å². The van der Waals surface area contributed by atoms with E-state index in [1.165, 1.54) is 46.2 Å². The Kier molecular flexibility index (Phi) is 11.4. The molecule has 8 heterocycles. The molecule has 2 atom stereocenters. The van der Waals surface area contributed by atoms with Crippen molar-refractivity contribution in [3.05, 3.63) is 72.1 Å². The monoisotopic (exact) mass is 959 g/mol. The zero-order chi connectivity index (χ0) is 44.3. The van der Waals surface area contributed by atoms with E-state index in [4.69, 9.17) is 20.2 Å². The zero-order valence-electron chi connectivity index (χ0n) is 35.7. The van der Waals surface area contributed by atoms with Crippen molar-refractivity contribution in [2.24, 2.45) is 0 Å². The summed E-state index contributed by atoms with van der Waals surface area (Å²) in [5.74, 6) is 0.460. The average Bonchev–Trinajstić information content (AvgIpc) is 4.08. The first-order valence-electron chi connectivity index (χ1n) is 22.4. The summed E-state index contributed by atoms with van der Waals surface area (Å²) in [5.41, 5.74) is 5.07. The van der Waals surface area contributed by atoms with Crippen LogP contribution in [-0.2, 0) is 9.59 Å². The Morgan fingerprint density at radius 1 is 0.636 bits per heavy atom. The van der Waals surface area contributed by atoms with Crippen LogP contribution in [0.2, 0.25) is 0 Å². The van der Waals surface area contributed by atoms with Crippen molar-refractivity contribution in [2.75, 3.05) is 63.1 Å². The molecule has 2 aliphatic carbocycles. The van der Waals surface area contributed by atoms with Crippen LogP contribution in [0.15, 0.2) is 80.8 Å². The van der Waals surface area contributed by atoms with Gasteiger partial charge in [0.15, 0.2) is 21.6 Å². The fourth-order valence-electron chi connectivity index (χ4n) is 8.95. The molecule has 4 aliphatic rings. The van der Waals surface area contributed by atoms with Gasteiger partial charge in [0.05, 0.1) is 38.4 Å². The summed E-state index contributed by atoms with van der Waals surface area (Å²) in [7, 11) is 0. The van der Waals surface area contributed by atoms with Gasteiger partial charge >= 0.3 is 0 Å². The summed E-state index contributed by atoms with van der Waals surface area (Å²) in [6.45, 7) is 4.47. The Labute approximate surface area is 394 Å². The average molecular weight is 960 g/mol. The number of aromatic nitrogens is 10. The molecule has 66 heavy (non-hydrogen) atoms. The molecule has 12 rings (SSSR count). The van der Waals surface area contributed by atoms with E-state index < -0.39 is 12.1 Å². The van der Waals surface area contributed by atoms with E-state index in [0.717, 1.165) is 80.1 Å². The smallest absolute Gasteiger partial charge is 0.245 e. The van der Waals surface area contributed by atoms with E-state index in [1.807, 2.05) is 57.6 Å². The quantitative estimate of drug-likeness (QED) is 0.110. The second-order valence-corrected chi connectivity index (χ2v) is 21.4. The molecular formula is C44H45N15O3S4. The topological polar surface area (TPSA) is 200 Å². The van der Waals surface area contributed by atoms with Crippen LogP contribution in [0, 0.1) is 0 Å². The van der Waals surface area contributed by atoms with Crippen molar-refractivity contribution >= 4 is 100 Å². The molecule has 22 heteroatoms. The molecule has 0 spiro atoms. The number of rotatable bonds is 15. The van der Waals surface area contributed by atoms with E-state index in [9.17, 15) is 14.7 Å². The predicted molar refractivity (Wildman–Crippen MR) is 254 cm³/mol. The zero-order valence-corrected chi connectivity index (χ0v) is 39.0. The number of anilines is 2. The van der Waals surface area contributed by atoms with E-state index in [2.05, 4.69) is 57.9 Å². The van der Waals surface area contributed by atoms with Gasteiger partial charge in [0.25, 0.3) is 0 Å². The number of carbonyl (C=O) groups excluding carboxylic acids is 2. The Balaban J connectivity index is 0.795. The van der Waals surface area contributed by atoms with Gasteiger partial charge in [0, 0.05) is 54.4 Å². The van der Waals surface area contributed by atoms with Crippen molar-refractivity contribution in [1.29, 1.82) is 0 Å². The number of nitrogens with zero attached hydrogens (tertiary/aromatic N) is 13. The number of hydrogen-bond acceptors (Lipinski definition) is 18. The van der Waals surface area contributed by atoms with Crippen LogP contribution >= 0.6 is 46.2 Å². The normalized spacial score (nSPS) is 18.5. The number of likely N-dealkylation sites (tertiary alicyclic amines) is 1. The van der Waals surface area contributed by atoms with E-state index in [1.54, 1.807) is 0 Å². The highest BCUT2D eigenvalue weighted by Crippen LogP contribution is 2.41. The fraction of sp³-hybridized carbons (Fsp3) is 0.409. The van der Waals surface area contributed by atoms with Crippen molar-refractivity contribution in [3.63, 3.8) is 0 Å². The van der Waals surface area contributed by atoms with Crippen molar-refractivity contribution in [3.8, 4) is 0 Å². The maximum atomic E-state index is 14.9. The predicted octanol–water partition coefficient (Wildman–Crippen LogP) is 5.86. The lowest BCUT2D eigenvalue weighted by molar-refractivity contribution is -0.133. The molecule has 2 amide bonds. The van der Waals surface area contributed by atoms with E-state index in [0.29, 0.717) is 89.5 Å². The third kappa shape index (κ3) is 8.64. The number of nitrogens with one attached hydrogen (secondary N) is 2. The first-order valence-corrected chi connectivity index (χ1v) is 25.7. The third-order valence-corrected chi connectivity index (χ3v) is 16.4. The third-order valence-electron chi connectivity index (χ3n) is 12.7. The molecule has 8 aromatic rings. The van der Waals surface area contributed by atoms with Crippen molar-refractivity contribution < 1.29 is 14.7 Å². The Hall–Kier alpha value is -5.20. The molecular weight excluding hydrogens is 915 g/mol. The number of amides is 2. The summed E-state index contributed by atoms with van der Waals surface area (Å²) < 4.78 is 5.45. The van der Waals surface area contributed by atoms with Gasteiger partial charge in [-0.15, -0.1) is 20.4 Å². The van der Waals surface area contributed by atoms with Gasteiger partial charge in [-0.2, -0.15) is 19.2 Å². The highest BCUT2D eigenvalue weighted by molar-refractivity contribution is 7.99. The molecule has 2 aromatic carbocycles. The van der Waals surface area contributed by atoms with Crippen LogP contribution in [-0.4, -0.2) is 146 Å². The van der Waals surface area contributed by atoms with Gasteiger partial charge in [0.1, 0.15) is 12.1 Å².